The summed E-state index contributed by atoms with van der Waals surface area (Å²) >= 11 is 3.14. The molecule has 0 bridgehead atoms. The molecule has 0 aliphatic rings. The van der Waals surface area contributed by atoms with Crippen LogP contribution in [0.5, 0.6) is 0 Å². The first-order valence-corrected chi connectivity index (χ1v) is 8.22. The van der Waals surface area contributed by atoms with Crippen LogP contribution in [0.15, 0.2) is 22.7 Å². The van der Waals surface area contributed by atoms with Crippen LogP contribution in [0.25, 0.3) is 0 Å². The maximum absolute atomic E-state index is 13.2. The average molecular weight is 433 g/mol. The van der Waals surface area contributed by atoms with Crippen LogP contribution in [0.1, 0.15) is 16.8 Å². The number of nitrogens with one attached hydrogen (secondary N) is 1. The van der Waals surface area contributed by atoms with Gasteiger partial charge in [0.25, 0.3) is 5.91 Å². The van der Waals surface area contributed by atoms with Gasteiger partial charge in [-0.2, -0.15) is 0 Å². The minimum atomic E-state index is -0.699. The van der Waals surface area contributed by atoms with E-state index in [-0.39, 0.29) is 18.5 Å². The first kappa shape index (κ1) is 21.6. The standard InChI is InChI=1S/C16H18BrFN2O6/c1-25-14(22)8-20(9-15(23)26-2)13(21)5-6-19-16(24)11-7-10(18)3-4-12(11)17/h3-4,7H,5-6,8-9H2,1-2H3,(H,19,24). The third kappa shape index (κ3) is 6.79. The molecule has 10 heteroatoms. The first-order chi connectivity index (χ1) is 12.3. The van der Waals surface area contributed by atoms with Crippen molar-refractivity contribution in [2.75, 3.05) is 33.9 Å². The fourth-order valence-corrected chi connectivity index (χ4v) is 2.31. The van der Waals surface area contributed by atoms with Gasteiger partial charge in [0.2, 0.25) is 5.91 Å². The van der Waals surface area contributed by atoms with Crippen molar-refractivity contribution in [3.63, 3.8) is 0 Å². The van der Waals surface area contributed by atoms with E-state index in [0.29, 0.717) is 4.47 Å². The Morgan fingerprint density at radius 3 is 2.23 bits per heavy atom. The number of nitrogens with zero attached hydrogens (tertiary/aromatic N) is 1. The molecule has 0 unspecified atom stereocenters. The molecule has 1 aromatic carbocycles. The van der Waals surface area contributed by atoms with Gasteiger partial charge in [0.05, 0.1) is 19.8 Å². The third-order valence-corrected chi connectivity index (χ3v) is 3.94. The number of benzene rings is 1. The first-order valence-electron chi connectivity index (χ1n) is 7.43. The molecule has 142 valence electrons. The Hall–Kier alpha value is -2.49. The Balaban J connectivity index is 2.63. The van der Waals surface area contributed by atoms with Crippen LogP contribution in [0.2, 0.25) is 0 Å². The van der Waals surface area contributed by atoms with Crippen molar-refractivity contribution in [3.8, 4) is 0 Å². The zero-order chi connectivity index (χ0) is 19.7. The monoisotopic (exact) mass is 432 g/mol. The molecule has 0 aliphatic carbocycles. The summed E-state index contributed by atoms with van der Waals surface area (Å²) in [7, 11) is 2.31. The van der Waals surface area contributed by atoms with E-state index < -0.39 is 42.7 Å². The highest BCUT2D eigenvalue weighted by Crippen LogP contribution is 2.17. The lowest BCUT2D eigenvalue weighted by Crippen LogP contribution is -2.41. The van der Waals surface area contributed by atoms with Crippen LogP contribution in [-0.4, -0.2) is 62.5 Å². The molecule has 2 amide bonds. The fraction of sp³-hybridized carbons (Fsp3) is 0.375. The van der Waals surface area contributed by atoms with E-state index >= 15 is 0 Å². The second-order valence-corrected chi connectivity index (χ2v) is 5.89. The van der Waals surface area contributed by atoms with E-state index in [9.17, 15) is 23.6 Å². The van der Waals surface area contributed by atoms with E-state index in [1.807, 2.05) is 0 Å². The van der Waals surface area contributed by atoms with E-state index in [2.05, 4.69) is 30.7 Å². The van der Waals surface area contributed by atoms with Crippen LogP contribution in [0, 0.1) is 5.82 Å². The van der Waals surface area contributed by atoms with Crippen molar-refractivity contribution >= 4 is 39.7 Å². The number of amides is 2. The fourth-order valence-electron chi connectivity index (χ4n) is 1.88. The molecular formula is C16H18BrFN2O6. The van der Waals surface area contributed by atoms with Crippen LogP contribution in [0.4, 0.5) is 4.39 Å². The van der Waals surface area contributed by atoms with Crippen LogP contribution < -0.4 is 5.32 Å². The number of carbonyl (C=O) groups is 4. The van der Waals surface area contributed by atoms with E-state index in [4.69, 9.17) is 0 Å². The summed E-state index contributed by atoms with van der Waals surface area (Å²) in [6, 6.07) is 3.65. The molecule has 1 rings (SSSR count). The van der Waals surface area contributed by atoms with Crippen LogP contribution in [0.3, 0.4) is 0 Å². The molecule has 0 radical (unpaired) electrons. The summed E-state index contributed by atoms with van der Waals surface area (Å²) in [6.45, 7) is -0.916. The number of esters is 2. The Morgan fingerprint density at radius 1 is 1.12 bits per heavy atom. The van der Waals surface area contributed by atoms with Gasteiger partial charge in [0, 0.05) is 17.4 Å². The summed E-state index contributed by atoms with van der Waals surface area (Å²) in [5.74, 6) is -3.10. The van der Waals surface area contributed by atoms with E-state index in [1.54, 1.807) is 0 Å². The van der Waals surface area contributed by atoms with Gasteiger partial charge in [-0.05, 0) is 34.1 Å². The quantitative estimate of drug-likeness (QED) is 0.611. The predicted molar refractivity (Wildman–Crippen MR) is 91.7 cm³/mol. The zero-order valence-corrected chi connectivity index (χ0v) is 15.8. The summed E-state index contributed by atoms with van der Waals surface area (Å²) in [4.78, 5) is 47.9. The van der Waals surface area contributed by atoms with E-state index in [0.717, 1.165) is 25.2 Å². The summed E-state index contributed by atoms with van der Waals surface area (Å²) in [5.41, 5.74) is 0.0819. The van der Waals surface area contributed by atoms with Gasteiger partial charge < -0.3 is 19.7 Å². The van der Waals surface area contributed by atoms with Crippen LogP contribution >= 0.6 is 15.9 Å². The molecule has 0 aromatic heterocycles. The molecule has 1 aromatic rings. The lowest BCUT2D eigenvalue weighted by atomic mass is 10.2. The second kappa shape index (κ2) is 10.5. The van der Waals surface area contributed by atoms with Gasteiger partial charge >= 0.3 is 11.9 Å². The van der Waals surface area contributed by atoms with Crippen molar-refractivity contribution in [2.24, 2.45) is 0 Å². The van der Waals surface area contributed by atoms with Gasteiger partial charge in [-0.15, -0.1) is 0 Å². The molecule has 1 N–H and O–H groups in total. The average Bonchev–Trinajstić information content (AvgIpc) is 2.62. The Bertz CT molecular complexity index is 679. The van der Waals surface area contributed by atoms with Crippen molar-refractivity contribution in [1.82, 2.24) is 10.2 Å². The molecule has 0 fully saturated rings. The number of hydrogen-bond donors (Lipinski definition) is 1. The lowest BCUT2D eigenvalue weighted by Gasteiger charge is -2.20. The van der Waals surface area contributed by atoms with Gasteiger partial charge in [0.15, 0.2) is 0 Å². The largest absolute Gasteiger partial charge is 0.468 e. The number of methoxy groups -OCH3 is 2. The highest BCUT2D eigenvalue weighted by Gasteiger charge is 2.21. The van der Waals surface area contributed by atoms with Gasteiger partial charge in [-0.25, -0.2) is 4.39 Å². The number of hydrogen-bond acceptors (Lipinski definition) is 6. The van der Waals surface area contributed by atoms with Crippen molar-refractivity contribution in [1.29, 1.82) is 0 Å². The molecule has 26 heavy (non-hydrogen) atoms. The number of rotatable bonds is 8. The SMILES string of the molecule is COC(=O)CN(CC(=O)OC)C(=O)CCNC(=O)c1cc(F)ccc1Br. The number of halogens is 2. The van der Waals surface area contributed by atoms with E-state index in [1.165, 1.54) is 12.1 Å². The zero-order valence-electron chi connectivity index (χ0n) is 14.2. The Kier molecular flexibility index (Phi) is 8.70. The normalized spacial score (nSPS) is 10.0. The third-order valence-electron chi connectivity index (χ3n) is 3.25. The Morgan fingerprint density at radius 2 is 1.69 bits per heavy atom. The number of ether oxygens (including phenoxy) is 2. The van der Waals surface area contributed by atoms with Crippen molar-refractivity contribution in [2.45, 2.75) is 6.42 Å². The highest BCUT2D eigenvalue weighted by atomic mass is 79.9. The molecule has 0 saturated heterocycles. The highest BCUT2D eigenvalue weighted by molar-refractivity contribution is 9.10. The smallest absolute Gasteiger partial charge is 0.325 e. The summed E-state index contributed by atoms with van der Waals surface area (Å²) in [6.07, 6.45) is -0.174. The molecule has 0 spiro atoms. The van der Waals surface area contributed by atoms with Gasteiger partial charge in [-0.1, -0.05) is 0 Å². The van der Waals surface area contributed by atoms with Crippen molar-refractivity contribution < 1.29 is 33.0 Å². The molecule has 0 saturated carbocycles. The Labute approximate surface area is 157 Å². The maximum Gasteiger partial charge on any atom is 0.325 e. The van der Waals surface area contributed by atoms with Crippen molar-refractivity contribution in [3.05, 3.63) is 34.1 Å². The minimum Gasteiger partial charge on any atom is -0.468 e. The predicted octanol–water partition coefficient (Wildman–Crippen LogP) is 0.883. The van der Waals surface area contributed by atoms with Gasteiger partial charge in [0.1, 0.15) is 18.9 Å². The topological polar surface area (TPSA) is 102 Å². The molecular weight excluding hydrogens is 415 g/mol. The van der Waals surface area contributed by atoms with Crippen LogP contribution in [-0.2, 0) is 23.9 Å². The summed E-state index contributed by atoms with van der Waals surface area (Å²) < 4.78 is 22.6. The molecule has 0 heterocycles. The summed E-state index contributed by atoms with van der Waals surface area (Å²) in [5, 5.41) is 2.47. The van der Waals surface area contributed by atoms with Gasteiger partial charge in [-0.3, -0.25) is 19.2 Å². The lowest BCUT2D eigenvalue weighted by molar-refractivity contribution is -0.152. The number of carbonyl (C=O) groups excluding carboxylic acids is 4. The second-order valence-electron chi connectivity index (χ2n) is 5.03. The molecule has 0 atom stereocenters. The molecule has 0 aliphatic heterocycles. The molecule has 8 nitrogen and oxygen atoms in total. The maximum atomic E-state index is 13.2. The minimum absolute atomic E-state index is 0.0700.